The summed E-state index contributed by atoms with van der Waals surface area (Å²) in [7, 11) is 0. The molecule has 58 heavy (non-hydrogen) atoms. The minimum Gasteiger partial charge on any atom is -0.507 e. The van der Waals surface area contributed by atoms with Crippen LogP contribution in [0.4, 0.5) is 0 Å². The summed E-state index contributed by atoms with van der Waals surface area (Å²) in [6, 6.07) is 4.20. The van der Waals surface area contributed by atoms with Crippen molar-refractivity contribution in [3.63, 3.8) is 0 Å². The van der Waals surface area contributed by atoms with Crippen LogP contribution in [-0.2, 0) is 9.59 Å². The standard InChI is InChI=1S/C43H52N4O.2C3H6O2/c1-9-32-40(39(48)20-18-16-14-12-10-11-13-15-17-19-27-43(6,7)8)42-31(5)38-26-24-36(46-38)29(3)34-22-21-33(44-34)28(2)35-23-25-37(45-35)30(4)41(32)47-42;2*1-2-3(4)5/h9,12,14,16,18,20-26,45,47-48H,1,10-11,13,15,17,19,27H2,2-8H3;2*2H2,1H3,(H,4,5). The second-order valence-electron chi connectivity index (χ2n) is 15.8. The van der Waals surface area contributed by atoms with Crippen LogP contribution in [0.15, 0.2) is 49.1 Å². The van der Waals surface area contributed by atoms with Crippen LogP contribution in [0.3, 0.4) is 0 Å². The van der Waals surface area contributed by atoms with Crippen LogP contribution < -0.4 is 0 Å². The first-order chi connectivity index (χ1) is 27.5. The molecule has 0 amide bonds. The zero-order valence-corrected chi connectivity index (χ0v) is 36.1. The highest BCUT2D eigenvalue weighted by Gasteiger charge is 2.19. The number of carbonyl (C=O) groups is 2. The molecule has 3 aromatic rings. The van der Waals surface area contributed by atoms with E-state index in [4.69, 9.17) is 20.2 Å². The van der Waals surface area contributed by atoms with E-state index in [0.29, 0.717) is 11.0 Å². The van der Waals surface area contributed by atoms with Crippen LogP contribution in [0.25, 0.3) is 58.2 Å². The maximum Gasteiger partial charge on any atom is 0.303 e. The number of fused-ring (bicyclic) bond motifs is 8. The largest absolute Gasteiger partial charge is 0.507 e. The Kier molecular flexibility index (Phi) is 17.9. The zero-order chi connectivity index (χ0) is 43.0. The number of carboxylic acid groups (broad SMARTS) is 2. The molecule has 0 saturated carbocycles. The van der Waals surface area contributed by atoms with E-state index in [1.165, 1.54) is 38.5 Å². The van der Waals surface area contributed by atoms with Gasteiger partial charge in [0.1, 0.15) is 5.76 Å². The molecule has 0 saturated heterocycles. The molecule has 5 N–H and O–H groups in total. The van der Waals surface area contributed by atoms with E-state index >= 15 is 0 Å². The van der Waals surface area contributed by atoms with E-state index in [1.807, 2.05) is 37.3 Å². The number of aryl methyl sites for hydroxylation is 3. The normalized spacial score (nSPS) is 12.4. The molecular formula is C49H64N4O5. The fourth-order valence-corrected chi connectivity index (χ4v) is 6.40. The Hall–Kier alpha value is -5.70. The van der Waals surface area contributed by atoms with E-state index < -0.39 is 11.9 Å². The Labute approximate surface area is 344 Å². The lowest BCUT2D eigenvalue weighted by molar-refractivity contribution is -0.137. The van der Waals surface area contributed by atoms with Crippen LogP contribution in [0, 0.1) is 33.1 Å². The SMILES string of the molecule is C=Cc1c(C(O)=CC=CC=CCCCCCCCC(C)(C)C)c2[nH]c1c(C)c1ccc([nH]1)c(C)c1nc(c(C)c3nc(c2C)C=C3)C=C1.CCC(=O)O.CCC(=O)O. The summed E-state index contributed by atoms with van der Waals surface area (Å²) in [6.07, 6.45) is 29.2. The molecule has 8 bridgehead atoms. The Morgan fingerprint density at radius 1 is 0.672 bits per heavy atom. The van der Waals surface area contributed by atoms with Gasteiger partial charge in [-0.15, -0.1) is 0 Å². The number of aliphatic hydroxyl groups is 1. The second-order valence-corrected chi connectivity index (χ2v) is 15.8. The first kappa shape index (κ1) is 46.7. The van der Waals surface area contributed by atoms with Gasteiger partial charge in [0, 0.05) is 40.6 Å². The van der Waals surface area contributed by atoms with Gasteiger partial charge < -0.3 is 25.3 Å². The van der Waals surface area contributed by atoms with E-state index in [1.54, 1.807) is 19.9 Å². The molecule has 0 spiro atoms. The van der Waals surface area contributed by atoms with Crippen molar-refractivity contribution in [2.24, 2.45) is 5.41 Å². The third kappa shape index (κ3) is 13.5. The van der Waals surface area contributed by atoms with Crippen molar-refractivity contribution in [1.29, 1.82) is 0 Å². The molecule has 9 heteroatoms. The molecule has 0 aliphatic carbocycles. The number of allylic oxidation sites excluding steroid dienone is 5. The summed E-state index contributed by atoms with van der Waals surface area (Å²) in [6.45, 7) is 22.6. The van der Waals surface area contributed by atoms with Gasteiger partial charge in [-0.05, 0) is 112 Å². The van der Waals surface area contributed by atoms with E-state index in [9.17, 15) is 14.7 Å². The van der Waals surface area contributed by atoms with Crippen molar-refractivity contribution in [1.82, 2.24) is 19.9 Å². The number of H-pyrrole nitrogens is 2. The molecule has 0 radical (unpaired) electrons. The molecule has 5 rings (SSSR count). The molecule has 0 aromatic carbocycles. The zero-order valence-electron chi connectivity index (χ0n) is 36.1. The van der Waals surface area contributed by atoms with Crippen LogP contribution >= 0.6 is 0 Å². The van der Waals surface area contributed by atoms with Gasteiger partial charge >= 0.3 is 11.9 Å². The van der Waals surface area contributed by atoms with Gasteiger partial charge in [-0.1, -0.05) is 97.3 Å². The molecule has 0 atom stereocenters. The molecule has 2 aliphatic heterocycles. The van der Waals surface area contributed by atoms with Gasteiger partial charge in [0.25, 0.3) is 0 Å². The van der Waals surface area contributed by atoms with Gasteiger partial charge in [0.2, 0.25) is 0 Å². The lowest BCUT2D eigenvalue weighted by Gasteiger charge is -2.17. The highest BCUT2D eigenvalue weighted by molar-refractivity contribution is 5.95. The maximum absolute atomic E-state index is 11.6. The lowest BCUT2D eigenvalue weighted by Crippen LogP contribution is -2.03. The quantitative estimate of drug-likeness (QED) is 0.0452. The van der Waals surface area contributed by atoms with Gasteiger partial charge in [-0.3, -0.25) is 9.59 Å². The number of aliphatic carboxylic acids is 2. The van der Waals surface area contributed by atoms with Crippen LogP contribution in [0.2, 0.25) is 0 Å². The minimum absolute atomic E-state index is 0.173. The molecule has 310 valence electrons. The first-order valence-corrected chi connectivity index (χ1v) is 20.4. The van der Waals surface area contributed by atoms with E-state index in [2.05, 4.69) is 94.5 Å². The van der Waals surface area contributed by atoms with E-state index in [0.717, 1.165) is 79.1 Å². The number of hydrogen-bond acceptors (Lipinski definition) is 5. The minimum atomic E-state index is -0.745. The molecule has 9 nitrogen and oxygen atoms in total. The fraction of sp³-hybridized carbons (Fsp3) is 0.388. The monoisotopic (exact) mass is 788 g/mol. The number of carboxylic acids is 2. The molecule has 3 aromatic heterocycles. The smallest absolute Gasteiger partial charge is 0.303 e. The molecule has 0 fully saturated rings. The Morgan fingerprint density at radius 2 is 1.17 bits per heavy atom. The fourth-order valence-electron chi connectivity index (χ4n) is 6.40. The topological polar surface area (TPSA) is 152 Å². The molecular weight excluding hydrogens is 725 g/mol. The average Bonchev–Trinajstić information content (AvgIpc) is 4.03. The number of aromatic nitrogens is 4. The highest BCUT2D eigenvalue weighted by atomic mass is 16.4. The van der Waals surface area contributed by atoms with Crippen molar-refractivity contribution < 1.29 is 24.9 Å². The Balaban J connectivity index is 0.000000803. The number of nitrogens with one attached hydrogen (secondary N) is 2. The number of unbranched alkanes of at least 4 members (excludes halogenated alkanes) is 5. The van der Waals surface area contributed by atoms with Crippen LogP contribution in [0.1, 0.15) is 149 Å². The van der Waals surface area contributed by atoms with Crippen molar-refractivity contribution >= 4 is 70.1 Å². The molecule has 2 aliphatic rings. The Morgan fingerprint density at radius 3 is 1.71 bits per heavy atom. The van der Waals surface area contributed by atoms with Crippen molar-refractivity contribution in [2.45, 2.75) is 120 Å². The summed E-state index contributed by atoms with van der Waals surface area (Å²) in [5.41, 5.74) is 13.4. The highest BCUT2D eigenvalue weighted by Crippen LogP contribution is 2.34. The molecule has 5 heterocycles. The lowest BCUT2D eigenvalue weighted by atomic mass is 9.89. The summed E-state index contributed by atoms with van der Waals surface area (Å²) in [5, 5.41) is 27.0. The van der Waals surface area contributed by atoms with Gasteiger partial charge in [-0.2, -0.15) is 0 Å². The summed E-state index contributed by atoms with van der Waals surface area (Å²) < 4.78 is 0. The first-order valence-electron chi connectivity index (χ1n) is 20.4. The third-order valence-corrected chi connectivity index (χ3v) is 10.1. The Bertz CT molecular complexity index is 2240. The number of aromatic amines is 2. The summed E-state index contributed by atoms with van der Waals surface area (Å²) in [4.78, 5) is 36.0. The summed E-state index contributed by atoms with van der Waals surface area (Å²) >= 11 is 0. The average molecular weight is 789 g/mol. The van der Waals surface area contributed by atoms with Gasteiger partial charge in [0.15, 0.2) is 0 Å². The van der Waals surface area contributed by atoms with Gasteiger partial charge in [-0.25, -0.2) is 9.97 Å². The second kappa shape index (κ2) is 22.3. The summed E-state index contributed by atoms with van der Waals surface area (Å²) in [5.74, 6) is -1.32. The van der Waals surface area contributed by atoms with Crippen molar-refractivity contribution in [3.05, 3.63) is 105 Å². The van der Waals surface area contributed by atoms with E-state index in [-0.39, 0.29) is 18.6 Å². The van der Waals surface area contributed by atoms with Crippen LogP contribution in [0.5, 0.6) is 0 Å². The number of rotatable bonds is 13. The maximum atomic E-state index is 11.6. The third-order valence-electron chi connectivity index (χ3n) is 10.1. The van der Waals surface area contributed by atoms with Gasteiger partial charge in [0.05, 0.1) is 33.8 Å². The predicted molar refractivity (Wildman–Crippen MR) is 244 cm³/mol. The van der Waals surface area contributed by atoms with Crippen molar-refractivity contribution in [2.75, 3.05) is 0 Å². The van der Waals surface area contributed by atoms with Crippen molar-refractivity contribution in [3.8, 4) is 0 Å². The number of aliphatic hydroxyl groups excluding tert-OH is 1. The predicted octanol–water partition coefficient (Wildman–Crippen LogP) is 13.3. The number of hydrogen-bond donors (Lipinski definition) is 5. The molecule has 0 unspecified atom stereocenters. The number of nitrogens with zero attached hydrogens (tertiary/aromatic N) is 2. The van der Waals surface area contributed by atoms with Crippen LogP contribution in [-0.4, -0.2) is 47.2 Å².